The van der Waals surface area contributed by atoms with E-state index in [2.05, 4.69) is 34.0 Å². The predicted molar refractivity (Wildman–Crippen MR) is 64.5 cm³/mol. The van der Waals surface area contributed by atoms with Gasteiger partial charge in [-0.15, -0.1) is 0 Å². The monoisotopic (exact) mass is 248 g/mol. The molecule has 96 valence electrons. The molecule has 1 atom stereocenters. The fourth-order valence-corrected chi connectivity index (χ4v) is 1.67. The molecule has 0 saturated heterocycles. The van der Waals surface area contributed by atoms with Crippen molar-refractivity contribution in [1.82, 2.24) is 20.1 Å². The molecule has 0 aromatic carbocycles. The molecule has 1 N–H and O–H groups in total. The van der Waals surface area contributed by atoms with Crippen molar-refractivity contribution in [3.8, 4) is 11.6 Å². The van der Waals surface area contributed by atoms with Crippen LogP contribution in [0.3, 0.4) is 0 Å². The molecule has 2 heterocycles. The van der Waals surface area contributed by atoms with Gasteiger partial charge in [-0.05, 0) is 18.4 Å². The lowest BCUT2D eigenvalue weighted by Crippen LogP contribution is -2.13. The summed E-state index contributed by atoms with van der Waals surface area (Å²) >= 11 is 0. The van der Waals surface area contributed by atoms with Crippen LogP contribution in [0.15, 0.2) is 23.0 Å². The maximum atomic E-state index is 9.79. The molecular formula is C12H16N4O2. The number of hydrogen-bond acceptors (Lipinski definition) is 6. The second kappa shape index (κ2) is 5.68. The van der Waals surface area contributed by atoms with Crippen molar-refractivity contribution in [1.29, 1.82) is 0 Å². The molecule has 0 amide bonds. The third kappa shape index (κ3) is 3.33. The van der Waals surface area contributed by atoms with Gasteiger partial charge in [0.05, 0.1) is 12.5 Å². The Hall–Kier alpha value is -1.82. The van der Waals surface area contributed by atoms with E-state index in [-0.39, 0.29) is 0 Å². The van der Waals surface area contributed by atoms with Crippen molar-refractivity contribution in [3.05, 3.63) is 24.4 Å². The Morgan fingerprint density at radius 3 is 2.61 bits per heavy atom. The van der Waals surface area contributed by atoms with Gasteiger partial charge in [0.15, 0.2) is 0 Å². The molecule has 0 saturated carbocycles. The lowest BCUT2D eigenvalue weighted by atomic mass is 10.0. The van der Waals surface area contributed by atoms with Gasteiger partial charge in [0, 0.05) is 12.4 Å². The van der Waals surface area contributed by atoms with Crippen LogP contribution < -0.4 is 0 Å². The zero-order valence-corrected chi connectivity index (χ0v) is 10.4. The van der Waals surface area contributed by atoms with Crippen molar-refractivity contribution >= 4 is 0 Å². The Labute approximate surface area is 105 Å². The first-order valence-corrected chi connectivity index (χ1v) is 5.93. The van der Waals surface area contributed by atoms with Crippen LogP contribution in [0, 0.1) is 5.92 Å². The minimum atomic E-state index is -0.463. The number of aliphatic hydroxyl groups is 1. The van der Waals surface area contributed by atoms with Gasteiger partial charge >= 0.3 is 0 Å². The Bertz CT molecular complexity index is 484. The summed E-state index contributed by atoms with van der Waals surface area (Å²) in [5, 5.41) is 13.6. The molecule has 2 aromatic rings. The summed E-state index contributed by atoms with van der Waals surface area (Å²) in [5.41, 5.74) is 0. The fraction of sp³-hybridized carbons (Fsp3) is 0.500. The molecule has 0 aliphatic rings. The normalized spacial score (nSPS) is 12.9. The first-order chi connectivity index (χ1) is 8.65. The molecule has 0 aliphatic heterocycles. The van der Waals surface area contributed by atoms with Crippen LogP contribution in [0.2, 0.25) is 0 Å². The standard InChI is InChI=1S/C12H16N4O2/c1-8(2)6-9(17)7-10-15-12(16-18-10)11-13-4-3-5-14-11/h3-5,8-9,17H,6-7H2,1-2H3. The summed E-state index contributed by atoms with van der Waals surface area (Å²) in [5.74, 6) is 1.61. The molecule has 0 spiro atoms. The zero-order chi connectivity index (χ0) is 13.0. The van der Waals surface area contributed by atoms with Crippen molar-refractivity contribution in [2.24, 2.45) is 5.92 Å². The summed E-state index contributed by atoms with van der Waals surface area (Å²) < 4.78 is 5.07. The van der Waals surface area contributed by atoms with E-state index in [0.717, 1.165) is 0 Å². The van der Waals surface area contributed by atoms with E-state index in [1.165, 1.54) is 0 Å². The lowest BCUT2D eigenvalue weighted by Gasteiger charge is -2.09. The molecule has 0 fully saturated rings. The van der Waals surface area contributed by atoms with Crippen LogP contribution in [0.25, 0.3) is 11.6 Å². The van der Waals surface area contributed by atoms with Gasteiger partial charge < -0.3 is 9.63 Å². The van der Waals surface area contributed by atoms with Gasteiger partial charge in [0.2, 0.25) is 17.5 Å². The molecule has 0 bridgehead atoms. The lowest BCUT2D eigenvalue weighted by molar-refractivity contribution is 0.138. The van der Waals surface area contributed by atoms with Crippen LogP contribution in [0.1, 0.15) is 26.2 Å². The zero-order valence-electron chi connectivity index (χ0n) is 10.4. The van der Waals surface area contributed by atoms with Crippen molar-refractivity contribution < 1.29 is 9.63 Å². The Morgan fingerprint density at radius 2 is 1.94 bits per heavy atom. The van der Waals surface area contributed by atoms with E-state index in [9.17, 15) is 5.11 Å². The largest absolute Gasteiger partial charge is 0.393 e. The summed E-state index contributed by atoms with van der Waals surface area (Å²) in [6.45, 7) is 4.11. The predicted octanol–water partition coefficient (Wildman–Crippen LogP) is 1.48. The second-order valence-electron chi connectivity index (χ2n) is 4.57. The summed E-state index contributed by atoms with van der Waals surface area (Å²) in [6, 6.07) is 1.72. The Kier molecular flexibility index (Phi) is 3.99. The van der Waals surface area contributed by atoms with E-state index in [4.69, 9.17) is 4.52 Å². The molecule has 6 heteroatoms. The molecule has 0 radical (unpaired) electrons. The first kappa shape index (κ1) is 12.6. The highest BCUT2D eigenvalue weighted by Gasteiger charge is 2.15. The maximum Gasteiger partial charge on any atom is 0.240 e. The molecule has 18 heavy (non-hydrogen) atoms. The van der Waals surface area contributed by atoms with Crippen molar-refractivity contribution in [3.63, 3.8) is 0 Å². The summed E-state index contributed by atoms with van der Waals surface area (Å²) in [7, 11) is 0. The minimum Gasteiger partial charge on any atom is -0.393 e. The third-order valence-electron chi connectivity index (χ3n) is 2.39. The van der Waals surface area contributed by atoms with E-state index >= 15 is 0 Å². The van der Waals surface area contributed by atoms with Gasteiger partial charge in [-0.25, -0.2) is 9.97 Å². The second-order valence-corrected chi connectivity index (χ2v) is 4.57. The first-order valence-electron chi connectivity index (χ1n) is 5.93. The van der Waals surface area contributed by atoms with Gasteiger partial charge in [0.25, 0.3) is 0 Å². The van der Waals surface area contributed by atoms with E-state index < -0.39 is 6.10 Å². The third-order valence-corrected chi connectivity index (χ3v) is 2.39. The van der Waals surface area contributed by atoms with Crippen LogP contribution in [-0.4, -0.2) is 31.3 Å². The SMILES string of the molecule is CC(C)CC(O)Cc1nc(-c2ncccn2)no1. The molecular weight excluding hydrogens is 232 g/mol. The van der Waals surface area contributed by atoms with Crippen LogP contribution in [-0.2, 0) is 6.42 Å². The van der Waals surface area contributed by atoms with Crippen LogP contribution in [0.4, 0.5) is 0 Å². The summed E-state index contributed by atoms with van der Waals surface area (Å²) in [4.78, 5) is 12.2. The van der Waals surface area contributed by atoms with E-state index in [0.29, 0.717) is 36.3 Å². The van der Waals surface area contributed by atoms with Crippen LogP contribution in [0.5, 0.6) is 0 Å². The average molecular weight is 248 g/mol. The molecule has 0 aliphatic carbocycles. The fourth-order valence-electron chi connectivity index (χ4n) is 1.67. The maximum absolute atomic E-state index is 9.79. The number of hydrogen-bond donors (Lipinski definition) is 1. The minimum absolute atomic E-state index is 0.349. The smallest absolute Gasteiger partial charge is 0.240 e. The molecule has 2 rings (SSSR count). The van der Waals surface area contributed by atoms with Gasteiger partial charge in [-0.1, -0.05) is 19.0 Å². The Morgan fingerprint density at radius 1 is 1.22 bits per heavy atom. The van der Waals surface area contributed by atoms with Gasteiger partial charge in [0.1, 0.15) is 0 Å². The van der Waals surface area contributed by atoms with Gasteiger partial charge in [-0.3, -0.25) is 0 Å². The average Bonchev–Trinajstić information content (AvgIpc) is 2.77. The van der Waals surface area contributed by atoms with E-state index in [1.54, 1.807) is 18.5 Å². The topological polar surface area (TPSA) is 84.9 Å². The summed E-state index contributed by atoms with van der Waals surface area (Å²) in [6.07, 6.45) is 3.84. The van der Waals surface area contributed by atoms with Crippen molar-refractivity contribution in [2.75, 3.05) is 0 Å². The number of aromatic nitrogens is 4. The van der Waals surface area contributed by atoms with E-state index in [1.807, 2.05) is 0 Å². The number of rotatable bonds is 5. The highest BCUT2D eigenvalue weighted by molar-refractivity contribution is 5.40. The van der Waals surface area contributed by atoms with Crippen molar-refractivity contribution in [2.45, 2.75) is 32.8 Å². The van der Waals surface area contributed by atoms with Crippen LogP contribution >= 0.6 is 0 Å². The highest BCUT2D eigenvalue weighted by atomic mass is 16.5. The Balaban J connectivity index is 2.03. The molecule has 6 nitrogen and oxygen atoms in total. The number of aliphatic hydroxyl groups excluding tert-OH is 1. The quantitative estimate of drug-likeness (QED) is 0.862. The molecule has 2 aromatic heterocycles. The molecule has 1 unspecified atom stereocenters. The number of nitrogens with zero attached hydrogens (tertiary/aromatic N) is 4. The highest BCUT2D eigenvalue weighted by Crippen LogP contribution is 2.13. The van der Waals surface area contributed by atoms with Gasteiger partial charge in [-0.2, -0.15) is 4.98 Å².